The van der Waals surface area contributed by atoms with Crippen LogP contribution in [-0.2, 0) is 9.53 Å². The number of nitrogens with zero attached hydrogens (tertiary/aromatic N) is 1. The van der Waals surface area contributed by atoms with Crippen molar-refractivity contribution in [2.45, 2.75) is 13.3 Å². The molecule has 88 valence electrons. The van der Waals surface area contributed by atoms with Gasteiger partial charge in [0, 0.05) is 6.54 Å². The first-order chi connectivity index (χ1) is 7.76. The molecular weight excluding hydrogens is 206 g/mol. The van der Waals surface area contributed by atoms with Gasteiger partial charge >= 0.3 is 5.97 Å². The molecule has 0 aliphatic carbocycles. The molecule has 0 amide bonds. The molecule has 1 aromatic rings. The van der Waals surface area contributed by atoms with Crippen LogP contribution < -0.4 is 10.6 Å². The molecule has 0 bridgehead atoms. The van der Waals surface area contributed by atoms with E-state index in [0.717, 1.165) is 18.8 Å². The zero-order valence-electron chi connectivity index (χ0n) is 9.62. The van der Waals surface area contributed by atoms with Gasteiger partial charge in [-0.1, -0.05) is 13.0 Å². The number of ether oxygens (including phenoxy) is 1. The van der Waals surface area contributed by atoms with Gasteiger partial charge in [0.25, 0.3) is 0 Å². The Bertz CT molecular complexity index is 342. The van der Waals surface area contributed by atoms with Crippen molar-refractivity contribution in [1.82, 2.24) is 4.98 Å². The fraction of sp³-hybridized carbons (Fsp3) is 0.455. The van der Waals surface area contributed by atoms with E-state index in [0.29, 0.717) is 5.82 Å². The van der Waals surface area contributed by atoms with Crippen LogP contribution in [-0.4, -0.2) is 31.2 Å². The predicted octanol–water partition coefficient (Wildman–Crippen LogP) is 1.49. The van der Waals surface area contributed by atoms with E-state index in [1.54, 1.807) is 6.07 Å². The Morgan fingerprint density at radius 2 is 2.06 bits per heavy atom. The lowest BCUT2D eigenvalue weighted by atomic mass is 10.4. The molecule has 1 rings (SSSR count). The van der Waals surface area contributed by atoms with Crippen LogP contribution in [0.25, 0.3) is 0 Å². The number of hydrogen-bond donors (Lipinski definition) is 2. The zero-order valence-corrected chi connectivity index (χ0v) is 9.62. The highest BCUT2D eigenvalue weighted by molar-refractivity contribution is 5.74. The van der Waals surface area contributed by atoms with Crippen molar-refractivity contribution >= 4 is 17.6 Å². The summed E-state index contributed by atoms with van der Waals surface area (Å²) in [6, 6.07) is 5.57. The largest absolute Gasteiger partial charge is 0.468 e. The van der Waals surface area contributed by atoms with E-state index in [4.69, 9.17) is 0 Å². The molecule has 0 aliphatic heterocycles. The van der Waals surface area contributed by atoms with Gasteiger partial charge in [-0.05, 0) is 18.6 Å². The highest BCUT2D eigenvalue weighted by Crippen LogP contribution is 2.08. The third-order valence-electron chi connectivity index (χ3n) is 1.95. The number of esters is 1. The summed E-state index contributed by atoms with van der Waals surface area (Å²) in [5.41, 5.74) is 0. The Hall–Kier alpha value is -1.78. The van der Waals surface area contributed by atoms with E-state index in [-0.39, 0.29) is 12.5 Å². The lowest BCUT2D eigenvalue weighted by molar-refractivity contribution is -0.138. The van der Waals surface area contributed by atoms with Crippen LogP contribution in [0.3, 0.4) is 0 Å². The zero-order chi connectivity index (χ0) is 11.8. The number of methoxy groups -OCH3 is 1. The molecule has 0 saturated heterocycles. The lowest BCUT2D eigenvalue weighted by Crippen LogP contribution is -2.16. The first kappa shape index (κ1) is 12.3. The number of rotatable bonds is 6. The Labute approximate surface area is 95.2 Å². The summed E-state index contributed by atoms with van der Waals surface area (Å²) in [6.45, 7) is 3.10. The van der Waals surface area contributed by atoms with Gasteiger partial charge in [-0.3, -0.25) is 4.79 Å². The van der Waals surface area contributed by atoms with Crippen LogP contribution >= 0.6 is 0 Å². The molecule has 1 heterocycles. The van der Waals surface area contributed by atoms with Crippen molar-refractivity contribution in [2.24, 2.45) is 0 Å². The number of anilines is 2. The third kappa shape index (κ3) is 4.16. The summed E-state index contributed by atoms with van der Waals surface area (Å²) in [7, 11) is 1.36. The van der Waals surface area contributed by atoms with E-state index in [1.807, 2.05) is 12.1 Å². The normalized spacial score (nSPS) is 9.62. The van der Waals surface area contributed by atoms with E-state index in [1.165, 1.54) is 7.11 Å². The molecule has 2 N–H and O–H groups in total. The number of carbonyl (C=O) groups is 1. The fourth-order valence-corrected chi connectivity index (χ4v) is 1.12. The molecule has 0 fully saturated rings. The maximum absolute atomic E-state index is 10.9. The number of pyridine rings is 1. The van der Waals surface area contributed by atoms with Crippen LogP contribution in [0.15, 0.2) is 18.2 Å². The molecule has 16 heavy (non-hydrogen) atoms. The van der Waals surface area contributed by atoms with E-state index in [9.17, 15) is 4.79 Å². The summed E-state index contributed by atoms with van der Waals surface area (Å²) < 4.78 is 4.52. The van der Waals surface area contributed by atoms with Gasteiger partial charge in [-0.25, -0.2) is 4.98 Å². The minimum atomic E-state index is -0.311. The molecular formula is C11H17N3O2. The molecule has 0 atom stereocenters. The van der Waals surface area contributed by atoms with Crippen molar-refractivity contribution in [3.05, 3.63) is 18.2 Å². The van der Waals surface area contributed by atoms with Crippen molar-refractivity contribution < 1.29 is 9.53 Å². The van der Waals surface area contributed by atoms with Crippen molar-refractivity contribution in [3.8, 4) is 0 Å². The summed E-state index contributed by atoms with van der Waals surface area (Å²) in [6.07, 6.45) is 1.04. The van der Waals surface area contributed by atoms with Gasteiger partial charge in [0.15, 0.2) is 0 Å². The molecule has 5 nitrogen and oxygen atoms in total. The second kappa shape index (κ2) is 6.66. The second-order valence-corrected chi connectivity index (χ2v) is 3.26. The van der Waals surface area contributed by atoms with Crippen molar-refractivity contribution in [2.75, 3.05) is 30.8 Å². The first-order valence-corrected chi connectivity index (χ1v) is 5.28. The van der Waals surface area contributed by atoms with Crippen molar-refractivity contribution in [3.63, 3.8) is 0 Å². The van der Waals surface area contributed by atoms with E-state index < -0.39 is 0 Å². The van der Waals surface area contributed by atoms with Crippen LogP contribution in [0, 0.1) is 0 Å². The Morgan fingerprint density at radius 1 is 1.38 bits per heavy atom. The average Bonchev–Trinajstić information content (AvgIpc) is 2.34. The summed E-state index contributed by atoms with van der Waals surface area (Å²) in [4.78, 5) is 15.2. The second-order valence-electron chi connectivity index (χ2n) is 3.26. The highest BCUT2D eigenvalue weighted by atomic mass is 16.5. The average molecular weight is 223 g/mol. The summed E-state index contributed by atoms with van der Waals surface area (Å²) in [5, 5.41) is 6.06. The van der Waals surface area contributed by atoms with Crippen LogP contribution in [0.2, 0.25) is 0 Å². The minimum absolute atomic E-state index is 0.126. The molecule has 0 spiro atoms. The topological polar surface area (TPSA) is 63.2 Å². The standard InChI is InChI=1S/C11H17N3O2/c1-3-7-12-9-5-4-6-10(14-9)13-8-11(15)16-2/h4-6H,3,7-8H2,1-2H3,(H2,12,13,14). The van der Waals surface area contributed by atoms with Gasteiger partial charge in [0.05, 0.1) is 7.11 Å². The van der Waals surface area contributed by atoms with Gasteiger partial charge in [0.1, 0.15) is 18.2 Å². The molecule has 1 aromatic heterocycles. The van der Waals surface area contributed by atoms with Crippen molar-refractivity contribution in [1.29, 1.82) is 0 Å². The molecule has 0 aromatic carbocycles. The monoisotopic (exact) mass is 223 g/mol. The SMILES string of the molecule is CCCNc1cccc(NCC(=O)OC)n1. The van der Waals surface area contributed by atoms with Gasteiger partial charge in [-0.2, -0.15) is 0 Å². The molecule has 5 heteroatoms. The third-order valence-corrected chi connectivity index (χ3v) is 1.95. The lowest BCUT2D eigenvalue weighted by Gasteiger charge is -2.07. The molecule has 0 aliphatic rings. The molecule has 0 saturated carbocycles. The number of hydrogen-bond acceptors (Lipinski definition) is 5. The maximum atomic E-state index is 10.9. The summed E-state index contributed by atoms with van der Waals surface area (Å²) in [5.74, 6) is 1.15. The van der Waals surface area contributed by atoms with Crippen LogP contribution in [0.4, 0.5) is 11.6 Å². The first-order valence-electron chi connectivity index (χ1n) is 5.28. The summed E-state index contributed by atoms with van der Waals surface area (Å²) >= 11 is 0. The van der Waals surface area contributed by atoms with Gasteiger partial charge < -0.3 is 15.4 Å². The number of nitrogens with one attached hydrogen (secondary N) is 2. The van der Waals surface area contributed by atoms with E-state index in [2.05, 4.69) is 27.3 Å². The highest BCUT2D eigenvalue weighted by Gasteiger charge is 2.01. The quantitative estimate of drug-likeness (QED) is 0.715. The van der Waals surface area contributed by atoms with Gasteiger partial charge in [-0.15, -0.1) is 0 Å². The van der Waals surface area contributed by atoms with E-state index >= 15 is 0 Å². The smallest absolute Gasteiger partial charge is 0.325 e. The predicted molar refractivity (Wildman–Crippen MR) is 63.5 cm³/mol. The maximum Gasteiger partial charge on any atom is 0.325 e. The Balaban J connectivity index is 2.50. The molecule has 0 unspecified atom stereocenters. The molecule has 0 radical (unpaired) electrons. The Kier molecular flexibility index (Phi) is 5.11. The number of aromatic nitrogens is 1. The van der Waals surface area contributed by atoms with Gasteiger partial charge in [0.2, 0.25) is 0 Å². The minimum Gasteiger partial charge on any atom is -0.468 e. The fourth-order valence-electron chi connectivity index (χ4n) is 1.12. The Morgan fingerprint density at radius 3 is 2.69 bits per heavy atom. The van der Waals surface area contributed by atoms with Crippen LogP contribution in [0.5, 0.6) is 0 Å². The number of carbonyl (C=O) groups excluding carboxylic acids is 1. The van der Waals surface area contributed by atoms with Crippen LogP contribution in [0.1, 0.15) is 13.3 Å².